The van der Waals surface area contributed by atoms with Crippen LogP contribution < -0.4 is 0 Å². The molecule has 5 heteroatoms. The van der Waals surface area contributed by atoms with Gasteiger partial charge in [-0.25, -0.2) is 0 Å². The third kappa shape index (κ3) is 3.80. The fourth-order valence-corrected chi connectivity index (χ4v) is 10.8. The molecule has 4 aliphatic carbocycles. The number of rotatable bonds is 5. The van der Waals surface area contributed by atoms with E-state index in [1.807, 2.05) is 13.8 Å². The molecule has 38 heavy (non-hydrogen) atoms. The fourth-order valence-electron chi connectivity index (χ4n) is 10.8. The van der Waals surface area contributed by atoms with Crippen LogP contribution in [0.4, 0.5) is 0 Å². The molecule has 2 N–H and O–H groups in total. The van der Waals surface area contributed by atoms with Gasteiger partial charge in [0.1, 0.15) is 11.9 Å². The van der Waals surface area contributed by atoms with Gasteiger partial charge in [0.2, 0.25) is 0 Å². The summed E-state index contributed by atoms with van der Waals surface area (Å²) in [6, 6.07) is 0. The number of carbonyl (C=O) groups is 1. The number of allylic oxidation sites excluding steroid dienone is 2. The summed E-state index contributed by atoms with van der Waals surface area (Å²) in [5.41, 5.74) is -0.252. The van der Waals surface area contributed by atoms with Crippen molar-refractivity contribution in [2.45, 2.75) is 137 Å². The van der Waals surface area contributed by atoms with E-state index >= 15 is 0 Å². The van der Waals surface area contributed by atoms with Crippen LogP contribution in [0.1, 0.15) is 114 Å². The molecule has 1 aliphatic heterocycles. The van der Waals surface area contributed by atoms with Gasteiger partial charge in [-0.2, -0.15) is 0 Å². The minimum absolute atomic E-state index is 0.116. The molecule has 0 spiro atoms. The molecule has 216 valence electrons. The van der Waals surface area contributed by atoms with E-state index in [4.69, 9.17) is 9.47 Å². The number of carbonyl (C=O) groups excluding carboxylic acids is 1. The van der Waals surface area contributed by atoms with E-state index in [0.29, 0.717) is 36.6 Å². The van der Waals surface area contributed by atoms with E-state index in [9.17, 15) is 15.0 Å². The van der Waals surface area contributed by atoms with Gasteiger partial charge in [-0.3, -0.25) is 4.79 Å². The van der Waals surface area contributed by atoms with Crippen LogP contribution in [0.3, 0.4) is 0 Å². The lowest BCUT2D eigenvalue weighted by Gasteiger charge is -2.63. The van der Waals surface area contributed by atoms with Crippen molar-refractivity contribution >= 4 is 5.78 Å². The first-order valence-corrected chi connectivity index (χ1v) is 15.4. The Bertz CT molecular complexity index is 994. The number of hydrogen-bond acceptors (Lipinski definition) is 5. The molecule has 0 bridgehead atoms. The van der Waals surface area contributed by atoms with Gasteiger partial charge in [-0.15, -0.1) is 0 Å². The van der Waals surface area contributed by atoms with Crippen molar-refractivity contribution in [2.24, 2.45) is 45.3 Å². The Kier molecular flexibility index (Phi) is 6.72. The number of ether oxygens (including phenoxy) is 2. The van der Waals surface area contributed by atoms with E-state index < -0.39 is 17.3 Å². The third-order valence-corrected chi connectivity index (χ3v) is 13.1. The summed E-state index contributed by atoms with van der Waals surface area (Å²) in [7, 11) is 0. The smallest absolute Gasteiger partial charge is 0.161 e. The molecule has 3 saturated carbocycles. The number of hydrogen-bond donors (Lipinski definition) is 2. The van der Waals surface area contributed by atoms with Gasteiger partial charge in [0, 0.05) is 24.4 Å². The summed E-state index contributed by atoms with van der Waals surface area (Å²) >= 11 is 0. The van der Waals surface area contributed by atoms with Gasteiger partial charge in [0.25, 0.3) is 0 Å². The lowest BCUT2D eigenvalue weighted by Crippen LogP contribution is -2.57. The quantitative estimate of drug-likeness (QED) is 0.400. The average Bonchev–Trinajstić information content (AvgIpc) is 3.29. The Balaban J connectivity index is 1.48. The number of ketones is 1. The highest BCUT2D eigenvalue weighted by atomic mass is 16.7. The monoisotopic (exact) mass is 530 g/mol. The van der Waals surface area contributed by atoms with Crippen LogP contribution in [0.5, 0.6) is 0 Å². The van der Waals surface area contributed by atoms with Gasteiger partial charge in [-0.1, -0.05) is 46.3 Å². The van der Waals surface area contributed by atoms with Crippen LogP contribution in [0, 0.1) is 45.3 Å². The van der Waals surface area contributed by atoms with Crippen molar-refractivity contribution in [3.63, 3.8) is 0 Å². The minimum atomic E-state index is -1.25. The molecule has 0 amide bonds. The standard InChI is InChI=1S/C33H54O5/c1-10-37-26-20(19-33(9,38-26)27(35)29(4,5)36)21-13-17-32(8)23-11-12-24-28(2,3)25(34)15-16-30(24,6)22(23)14-18-31(21,32)7/h11,20-22,24,26-27,35-36H,10,12-19H2,1-9H3/t20-,21-,22-,24+,26+,27-,30+,31-,32+,33+/m0/s1. The molecule has 0 aromatic carbocycles. The highest BCUT2D eigenvalue weighted by Crippen LogP contribution is 2.74. The zero-order valence-corrected chi connectivity index (χ0v) is 25.5. The molecular weight excluding hydrogens is 476 g/mol. The summed E-state index contributed by atoms with van der Waals surface area (Å²) < 4.78 is 12.7. The Morgan fingerprint density at radius 1 is 1.11 bits per heavy atom. The topological polar surface area (TPSA) is 76.0 Å². The summed E-state index contributed by atoms with van der Waals surface area (Å²) in [6.45, 7) is 19.8. The van der Waals surface area contributed by atoms with E-state index in [2.05, 4.69) is 40.7 Å². The number of aliphatic hydroxyl groups excluding tert-OH is 1. The van der Waals surface area contributed by atoms with E-state index in [-0.39, 0.29) is 33.9 Å². The maximum absolute atomic E-state index is 12.9. The number of aliphatic hydroxyl groups is 2. The second-order valence-electron chi connectivity index (χ2n) is 15.8. The number of fused-ring (bicyclic) bond motifs is 5. The first kappa shape index (κ1) is 28.8. The normalized spacial score (nSPS) is 49.2. The summed E-state index contributed by atoms with van der Waals surface area (Å²) in [5.74, 6) is 2.03. The van der Waals surface area contributed by atoms with Crippen LogP contribution >= 0.6 is 0 Å². The van der Waals surface area contributed by atoms with Crippen molar-refractivity contribution in [2.75, 3.05) is 6.61 Å². The first-order chi connectivity index (χ1) is 17.5. The van der Waals surface area contributed by atoms with Crippen LogP contribution in [0.25, 0.3) is 0 Å². The summed E-state index contributed by atoms with van der Waals surface area (Å²) in [5, 5.41) is 21.8. The molecule has 10 atom stereocenters. The molecule has 1 heterocycles. The predicted molar refractivity (Wildman–Crippen MR) is 149 cm³/mol. The molecule has 0 aromatic rings. The Labute approximate surface area is 231 Å². The molecule has 0 unspecified atom stereocenters. The Morgan fingerprint density at radius 2 is 1.79 bits per heavy atom. The SMILES string of the molecule is CCO[C@@H]1O[C@@](C)([C@@H](O)C(C)(C)O)C[C@H]1[C@@H]1CC[C@]2(C)C3=CC[C@@H]4C(C)(C)C(=O)CC[C@]4(C)[C@H]3CC[C@@]12C. The fraction of sp³-hybridized carbons (Fsp3) is 0.909. The maximum atomic E-state index is 12.9. The van der Waals surface area contributed by atoms with Gasteiger partial charge < -0.3 is 19.7 Å². The van der Waals surface area contributed by atoms with Crippen LogP contribution in [-0.2, 0) is 14.3 Å². The van der Waals surface area contributed by atoms with Crippen molar-refractivity contribution < 1.29 is 24.5 Å². The molecule has 0 radical (unpaired) electrons. The van der Waals surface area contributed by atoms with Crippen LogP contribution in [0.15, 0.2) is 11.6 Å². The molecule has 1 saturated heterocycles. The molecule has 4 fully saturated rings. The molecule has 0 aromatic heterocycles. The molecule has 5 aliphatic rings. The van der Waals surface area contributed by atoms with Gasteiger partial charge >= 0.3 is 0 Å². The molecule has 5 rings (SSSR count). The van der Waals surface area contributed by atoms with Crippen LogP contribution in [-0.4, -0.2) is 46.2 Å². The number of Topliss-reactive ketones (excluding diaryl/α,β-unsaturated/α-hetero) is 1. The van der Waals surface area contributed by atoms with Crippen molar-refractivity contribution in [1.29, 1.82) is 0 Å². The summed E-state index contributed by atoms with van der Waals surface area (Å²) in [4.78, 5) is 12.9. The average molecular weight is 531 g/mol. The van der Waals surface area contributed by atoms with Gasteiger partial charge in [-0.05, 0) is 107 Å². The molecule has 5 nitrogen and oxygen atoms in total. The van der Waals surface area contributed by atoms with Crippen LogP contribution in [0.2, 0.25) is 0 Å². The Hall–Kier alpha value is -0.750. The second-order valence-corrected chi connectivity index (χ2v) is 15.8. The zero-order valence-electron chi connectivity index (χ0n) is 25.5. The lowest BCUT2D eigenvalue weighted by atomic mass is 9.41. The lowest BCUT2D eigenvalue weighted by molar-refractivity contribution is -0.227. The highest BCUT2D eigenvalue weighted by molar-refractivity contribution is 5.85. The zero-order chi connectivity index (χ0) is 28.1. The first-order valence-electron chi connectivity index (χ1n) is 15.4. The third-order valence-electron chi connectivity index (χ3n) is 13.1. The highest BCUT2D eigenvalue weighted by Gasteiger charge is 2.67. The maximum Gasteiger partial charge on any atom is 0.161 e. The molecular formula is C33H54O5. The minimum Gasteiger partial charge on any atom is -0.388 e. The van der Waals surface area contributed by atoms with E-state index in [1.165, 1.54) is 19.3 Å². The summed E-state index contributed by atoms with van der Waals surface area (Å²) in [6.07, 6.45) is 9.32. The van der Waals surface area contributed by atoms with E-state index in [1.54, 1.807) is 19.4 Å². The van der Waals surface area contributed by atoms with Crippen molar-refractivity contribution in [3.05, 3.63) is 11.6 Å². The van der Waals surface area contributed by atoms with Crippen molar-refractivity contribution in [3.8, 4) is 0 Å². The predicted octanol–water partition coefficient (Wildman–Crippen LogP) is 6.45. The van der Waals surface area contributed by atoms with Gasteiger partial charge in [0.05, 0.1) is 11.2 Å². The Morgan fingerprint density at radius 3 is 2.42 bits per heavy atom. The largest absolute Gasteiger partial charge is 0.388 e. The second kappa shape index (κ2) is 8.87. The van der Waals surface area contributed by atoms with Crippen molar-refractivity contribution in [1.82, 2.24) is 0 Å². The van der Waals surface area contributed by atoms with Gasteiger partial charge in [0.15, 0.2) is 6.29 Å². The van der Waals surface area contributed by atoms with E-state index in [0.717, 1.165) is 25.7 Å².